The molecular weight excluding hydrogens is 210 g/mol. The summed E-state index contributed by atoms with van der Waals surface area (Å²) in [6.45, 7) is 3.30. The van der Waals surface area contributed by atoms with Gasteiger partial charge >= 0.3 is 5.97 Å². The van der Waals surface area contributed by atoms with Crippen LogP contribution in [-0.4, -0.2) is 28.0 Å². The summed E-state index contributed by atoms with van der Waals surface area (Å²) in [5.41, 5.74) is 0.810. The minimum atomic E-state index is -1.33. The van der Waals surface area contributed by atoms with Gasteiger partial charge in [-0.3, -0.25) is 4.79 Å². The third-order valence-corrected chi connectivity index (χ3v) is 2.21. The molecule has 5 nitrogen and oxygen atoms in total. The Balaban J connectivity index is 2.92. The van der Waals surface area contributed by atoms with Gasteiger partial charge in [0.05, 0.1) is 12.3 Å². The predicted molar refractivity (Wildman–Crippen MR) is 57.0 cm³/mol. The molecule has 0 amide bonds. The summed E-state index contributed by atoms with van der Waals surface area (Å²) in [6.07, 6.45) is 0.206. The first-order valence-electron chi connectivity index (χ1n) is 4.99. The molecular formula is C11H15NO4. The zero-order valence-electron chi connectivity index (χ0n) is 9.56. The van der Waals surface area contributed by atoms with Crippen LogP contribution in [0.3, 0.4) is 0 Å². The van der Waals surface area contributed by atoms with Crippen molar-refractivity contribution in [1.29, 1.82) is 0 Å². The Kier molecular flexibility index (Phi) is 3.84. The highest BCUT2D eigenvalue weighted by molar-refractivity contribution is 5.93. The van der Waals surface area contributed by atoms with Crippen LogP contribution in [-0.2, 0) is 16.6 Å². The molecule has 1 aromatic heterocycles. The van der Waals surface area contributed by atoms with Crippen molar-refractivity contribution in [2.24, 2.45) is 7.05 Å². The first-order valence-corrected chi connectivity index (χ1v) is 4.99. The number of Topliss-reactive ketones (excluding diaryl/α,β-unsaturated/α-hetero) is 1. The number of aryl methyl sites for hydroxylation is 1. The van der Waals surface area contributed by atoms with Crippen LogP contribution in [0.4, 0.5) is 0 Å². The van der Waals surface area contributed by atoms with E-state index in [1.165, 1.54) is 13.0 Å². The molecule has 16 heavy (non-hydrogen) atoms. The van der Waals surface area contributed by atoms with Gasteiger partial charge < -0.3 is 14.4 Å². The molecule has 0 aromatic carbocycles. The van der Waals surface area contributed by atoms with Gasteiger partial charge in [0.15, 0.2) is 11.9 Å². The molecule has 0 saturated carbocycles. The highest BCUT2D eigenvalue weighted by atomic mass is 16.5. The van der Waals surface area contributed by atoms with Crippen molar-refractivity contribution in [1.82, 2.24) is 4.57 Å². The fourth-order valence-corrected chi connectivity index (χ4v) is 1.45. The van der Waals surface area contributed by atoms with Gasteiger partial charge in [0, 0.05) is 25.7 Å². The number of hydrogen-bond acceptors (Lipinski definition) is 4. The molecule has 1 heterocycles. The lowest BCUT2D eigenvalue weighted by atomic mass is 10.2. The Morgan fingerprint density at radius 1 is 1.56 bits per heavy atom. The third-order valence-electron chi connectivity index (χ3n) is 2.21. The second-order valence-corrected chi connectivity index (χ2v) is 3.48. The average Bonchev–Trinajstić information content (AvgIpc) is 2.59. The van der Waals surface area contributed by atoms with Crippen molar-refractivity contribution < 1.29 is 19.4 Å². The van der Waals surface area contributed by atoms with Gasteiger partial charge in [-0.1, -0.05) is 0 Å². The highest BCUT2D eigenvalue weighted by Crippen LogP contribution is 2.17. The number of aliphatic hydroxyl groups excluding tert-OH is 1. The van der Waals surface area contributed by atoms with Crippen molar-refractivity contribution in [2.45, 2.75) is 20.0 Å². The molecule has 1 atom stereocenters. The van der Waals surface area contributed by atoms with E-state index in [1.54, 1.807) is 24.7 Å². The third kappa shape index (κ3) is 2.49. The Hall–Kier alpha value is -1.62. The summed E-state index contributed by atoms with van der Waals surface area (Å²) in [5.74, 6) is -0.826. The Morgan fingerprint density at radius 3 is 2.62 bits per heavy atom. The summed E-state index contributed by atoms with van der Waals surface area (Å²) in [7, 11) is 1.68. The summed E-state index contributed by atoms with van der Waals surface area (Å²) in [4.78, 5) is 22.4. The standard InChI is InChI=1S/C11H15NO4/c1-4-16-11(15)10(14)8-5-9(7(2)13)12(3)6-8/h5-6,10,14H,4H2,1-3H3/t10-/m1/s1. The SMILES string of the molecule is CCOC(=O)[C@H](O)c1cc(C(C)=O)n(C)c1. The largest absolute Gasteiger partial charge is 0.464 e. The van der Waals surface area contributed by atoms with Crippen LogP contribution < -0.4 is 0 Å². The topological polar surface area (TPSA) is 68.5 Å². The van der Waals surface area contributed by atoms with E-state index in [1.807, 2.05) is 0 Å². The monoisotopic (exact) mass is 225 g/mol. The summed E-state index contributed by atoms with van der Waals surface area (Å²) in [5, 5.41) is 9.64. The lowest BCUT2D eigenvalue weighted by Gasteiger charge is -2.06. The van der Waals surface area contributed by atoms with E-state index in [9.17, 15) is 14.7 Å². The fraction of sp³-hybridized carbons (Fsp3) is 0.455. The van der Waals surface area contributed by atoms with Crippen LogP contribution in [0.2, 0.25) is 0 Å². The maximum atomic E-state index is 11.3. The van der Waals surface area contributed by atoms with E-state index in [-0.39, 0.29) is 12.4 Å². The molecule has 0 bridgehead atoms. The summed E-state index contributed by atoms with van der Waals surface area (Å²) in [6, 6.07) is 1.49. The van der Waals surface area contributed by atoms with E-state index in [0.717, 1.165) is 0 Å². The number of carbonyl (C=O) groups excluding carboxylic acids is 2. The predicted octanol–water partition coefficient (Wildman–Crippen LogP) is 0.824. The van der Waals surface area contributed by atoms with Crippen molar-refractivity contribution in [3.05, 3.63) is 23.5 Å². The number of hydrogen-bond donors (Lipinski definition) is 1. The maximum absolute atomic E-state index is 11.3. The van der Waals surface area contributed by atoms with Gasteiger partial charge in [-0.2, -0.15) is 0 Å². The van der Waals surface area contributed by atoms with Crippen molar-refractivity contribution in [3.63, 3.8) is 0 Å². The molecule has 0 aliphatic carbocycles. The lowest BCUT2D eigenvalue weighted by molar-refractivity contribution is -0.153. The molecule has 88 valence electrons. The van der Waals surface area contributed by atoms with Gasteiger partial charge in [-0.05, 0) is 13.0 Å². The second-order valence-electron chi connectivity index (χ2n) is 3.48. The van der Waals surface area contributed by atoms with E-state index in [4.69, 9.17) is 0 Å². The number of rotatable bonds is 4. The molecule has 5 heteroatoms. The van der Waals surface area contributed by atoms with E-state index in [0.29, 0.717) is 11.3 Å². The zero-order valence-corrected chi connectivity index (χ0v) is 9.56. The van der Waals surface area contributed by atoms with Crippen LogP contribution >= 0.6 is 0 Å². The Labute approximate surface area is 93.6 Å². The van der Waals surface area contributed by atoms with Crippen LogP contribution in [0.25, 0.3) is 0 Å². The van der Waals surface area contributed by atoms with Gasteiger partial charge in [-0.25, -0.2) is 4.79 Å². The molecule has 0 saturated heterocycles. The fourth-order valence-electron chi connectivity index (χ4n) is 1.45. The number of nitrogens with zero attached hydrogens (tertiary/aromatic N) is 1. The zero-order chi connectivity index (χ0) is 12.3. The first kappa shape index (κ1) is 12.4. The number of ether oxygens (including phenoxy) is 1. The molecule has 0 radical (unpaired) electrons. The van der Waals surface area contributed by atoms with Gasteiger partial charge in [0.1, 0.15) is 0 Å². The normalized spacial score (nSPS) is 12.2. The van der Waals surface area contributed by atoms with Crippen LogP contribution in [0.1, 0.15) is 36.0 Å². The number of ketones is 1. The maximum Gasteiger partial charge on any atom is 0.339 e. The molecule has 1 aromatic rings. The van der Waals surface area contributed by atoms with Crippen LogP contribution in [0, 0.1) is 0 Å². The van der Waals surface area contributed by atoms with Crippen molar-refractivity contribution in [2.75, 3.05) is 6.61 Å². The number of carbonyl (C=O) groups is 2. The average molecular weight is 225 g/mol. The van der Waals surface area contributed by atoms with Gasteiger partial charge in [0.25, 0.3) is 0 Å². The molecule has 0 fully saturated rings. The van der Waals surface area contributed by atoms with E-state index >= 15 is 0 Å². The van der Waals surface area contributed by atoms with Crippen LogP contribution in [0.15, 0.2) is 12.3 Å². The van der Waals surface area contributed by atoms with E-state index < -0.39 is 12.1 Å². The Morgan fingerprint density at radius 2 is 2.19 bits per heavy atom. The molecule has 0 spiro atoms. The molecule has 0 aliphatic rings. The molecule has 1 rings (SSSR count). The molecule has 0 aliphatic heterocycles. The van der Waals surface area contributed by atoms with Crippen molar-refractivity contribution in [3.8, 4) is 0 Å². The summed E-state index contributed by atoms with van der Waals surface area (Å²) >= 11 is 0. The lowest BCUT2D eigenvalue weighted by Crippen LogP contribution is -2.14. The number of esters is 1. The molecule has 0 unspecified atom stereocenters. The smallest absolute Gasteiger partial charge is 0.339 e. The minimum Gasteiger partial charge on any atom is -0.464 e. The minimum absolute atomic E-state index is 0.121. The summed E-state index contributed by atoms with van der Waals surface area (Å²) < 4.78 is 6.25. The Bertz CT molecular complexity index is 408. The quantitative estimate of drug-likeness (QED) is 0.608. The first-order chi connectivity index (χ1) is 7.47. The molecule has 1 N–H and O–H groups in total. The second kappa shape index (κ2) is 4.94. The van der Waals surface area contributed by atoms with Gasteiger partial charge in [0.2, 0.25) is 0 Å². The van der Waals surface area contributed by atoms with E-state index in [2.05, 4.69) is 4.74 Å². The number of aromatic nitrogens is 1. The highest BCUT2D eigenvalue weighted by Gasteiger charge is 2.21. The number of aliphatic hydroxyl groups is 1. The van der Waals surface area contributed by atoms with Crippen LogP contribution in [0.5, 0.6) is 0 Å². The van der Waals surface area contributed by atoms with Crippen molar-refractivity contribution >= 4 is 11.8 Å². The van der Waals surface area contributed by atoms with Gasteiger partial charge in [-0.15, -0.1) is 0 Å².